The summed E-state index contributed by atoms with van der Waals surface area (Å²) in [5.74, 6) is 1.23. The first kappa shape index (κ1) is 18.6. The number of amides is 1. The van der Waals surface area contributed by atoms with Crippen LogP contribution >= 0.6 is 0 Å². The summed E-state index contributed by atoms with van der Waals surface area (Å²) in [7, 11) is 0. The van der Waals surface area contributed by atoms with E-state index < -0.39 is 0 Å². The second kappa shape index (κ2) is 8.52. The number of nitrogens with zero attached hydrogens (tertiary/aromatic N) is 3. The molecule has 27 heavy (non-hydrogen) atoms. The number of hydrogen-bond donors (Lipinski definition) is 0. The molecule has 1 aromatic heterocycles. The molecule has 7 heteroatoms. The van der Waals surface area contributed by atoms with Crippen molar-refractivity contribution in [2.75, 3.05) is 32.9 Å². The van der Waals surface area contributed by atoms with Crippen LogP contribution in [0.5, 0.6) is 5.88 Å². The van der Waals surface area contributed by atoms with Gasteiger partial charge in [0.05, 0.1) is 32.0 Å². The number of ether oxygens (including phenoxy) is 3. The molecule has 1 atom stereocenters. The standard InChI is InChI=1S/C20H29N3O4/c24-19(13-26-17-3-1-2-4-17)23-14-20(15-23)11-16(6-10-27-20)5-9-25-18-12-21-7-8-22-18/h7-8,12,16-17H,1-6,9-11,13-15H2/t16-/m0/s1. The van der Waals surface area contributed by atoms with Crippen LogP contribution in [0.25, 0.3) is 0 Å². The van der Waals surface area contributed by atoms with Gasteiger partial charge in [0, 0.05) is 19.0 Å². The summed E-state index contributed by atoms with van der Waals surface area (Å²) in [6.07, 6.45) is 12.8. The monoisotopic (exact) mass is 375 g/mol. The van der Waals surface area contributed by atoms with E-state index in [0.29, 0.717) is 31.5 Å². The molecule has 4 rings (SSSR count). The fourth-order valence-corrected chi connectivity index (χ4v) is 4.45. The molecule has 1 spiro atoms. The molecular formula is C20H29N3O4. The minimum absolute atomic E-state index is 0.101. The molecular weight excluding hydrogens is 346 g/mol. The molecule has 2 saturated heterocycles. The Kier molecular flexibility index (Phi) is 5.88. The van der Waals surface area contributed by atoms with Gasteiger partial charge < -0.3 is 19.1 Å². The lowest BCUT2D eigenvalue weighted by Crippen LogP contribution is -2.67. The molecule has 1 amide bonds. The fourth-order valence-electron chi connectivity index (χ4n) is 4.45. The third kappa shape index (κ3) is 4.76. The lowest BCUT2D eigenvalue weighted by atomic mass is 9.79. The van der Waals surface area contributed by atoms with Crippen LogP contribution in [0.2, 0.25) is 0 Å². The van der Waals surface area contributed by atoms with E-state index in [-0.39, 0.29) is 24.2 Å². The van der Waals surface area contributed by atoms with Crippen molar-refractivity contribution in [2.45, 2.75) is 56.7 Å². The second-order valence-corrected chi connectivity index (χ2v) is 8.04. The number of aromatic nitrogens is 2. The van der Waals surface area contributed by atoms with E-state index >= 15 is 0 Å². The van der Waals surface area contributed by atoms with Crippen molar-refractivity contribution < 1.29 is 19.0 Å². The van der Waals surface area contributed by atoms with E-state index in [0.717, 1.165) is 38.7 Å². The van der Waals surface area contributed by atoms with Crippen molar-refractivity contribution in [2.24, 2.45) is 5.92 Å². The molecule has 3 aliphatic rings. The Labute approximate surface area is 160 Å². The maximum atomic E-state index is 12.3. The molecule has 0 bridgehead atoms. The van der Waals surface area contributed by atoms with Gasteiger partial charge in [-0.15, -0.1) is 0 Å². The SMILES string of the molecule is O=C(COC1CCCC1)N1CC2(C[C@@H](CCOc3cnccn3)CCO2)C1. The van der Waals surface area contributed by atoms with Gasteiger partial charge in [-0.3, -0.25) is 9.78 Å². The van der Waals surface area contributed by atoms with Gasteiger partial charge in [0.2, 0.25) is 11.8 Å². The van der Waals surface area contributed by atoms with Crippen molar-refractivity contribution in [1.29, 1.82) is 0 Å². The summed E-state index contributed by atoms with van der Waals surface area (Å²) in [6, 6.07) is 0. The molecule has 7 nitrogen and oxygen atoms in total. The minimum atomic E-state index is -0.154. The zero-order valence-corrected chi connectivity index (χ0v) is 15.8. The Hall–Kier alpha value is -1.73. The third-order valence-corrected chi connectivity index (χ3v) is 5.97. The predicted molar refractivity (Wildman–Crippen MR) is 98.3 cm³/mol. The van der Waals surface area contributed by atoms with Crippen LogP contribution in [-0.4, -0.2) is 65.4 Å². The molecule has 2 aliphatic heterocycles. The lowest BCUT2D eigenvalue weighted by molar-refractivity contribution is -0.192. The minimum Gasteiger partial charge on any atom is -0.477 e. The highest BCUT2D eigenvalue weighted by atomic mass is 16.5. The predicted octanol–water partition coefficient (Wildman–Crippen LogP) is 2.21. The summed E-state index contributed by atoms with van der Waals surface area (Å²) in [5.41, 5.74) is -0.154. The molecule has 3 fully saturated rings. The van der Waals surface area contributed by atoms with E-state index in [9.17, 15) is 4.79 Å². The summed E-state index contributed by atoms with van der Waals surface area (Å²) in [6.45, 7) is 3.01. The number of rotatable bonds is 7. The molecule has 0 N–H and O–H groups in total. The first-order valence-electron chi connectivity index (χ1n) is 10.1. The smallest absolute Gasteiger partial charge is 0.248 e. The largest absolute Gasteiger partial charge is 0.477 e. The third-order valence-electron chi connectivity index (χ3n) is 5.97. The Morgan fingerprint density at radius 1 is 1.26 bits per heavy atom. The average Bonchev–Trinajstić information content (AvgIpc) is 3.19. The number of hydrogen-bond acceptors (Lipinski definition) is 6. The van der Waals surface area contributed by atoms with Gasteiger partial charge in [0.25, 0.3) is 0 Å². The molecule has 0 aromatic carbocycles. The Morgan fingerprint density at radius 3 is 2.89 bits per heavy atom. The van der Waals surface area contributed by atoms with Gasteiger partial charge >= 0.3 is 0 Å². The van der Waals surface area contributed by atoms with Gasteiger partial charge in [-0.05, 0) is 38.0 Å². The highest BCUT2D eigenvalue weighted by Gasteiger charge is 2.49. The fraction of sp³-hybridized carbons (Fsp3) is 0.750. The molecule has 148 valence electrons. The first-order chi connectivity index (χ1) is 13.2. The zero-order chi connectivity index (χ0) is 18.5. The van der Waals surface area contributed by atoms with Gasteiger partial charge in [-0.1, -0.05) is 12.8 Å². The summed E-state index contributed by atoms with van der Waals surface area (Å²) < 4.78 is 17.5. The van der Waals surface area contributed by atoms with E-state index in [1.807, 2.05) is 4.90 Å². The molecule has 0 unspecified atom stereocenters. The Balaban J connectivity index is 1.17. The van der Waals surface area contributed by atoms with Crippen molar-refractivity contribution in [3.63, 3.8) is 0 Å². The molecule has 1 aliphatic carbocycles. The summed E-state index contributed by atoms with van der Waals surface area (Å²) in [5, 5.41) is 0. The Morgan fingerprint density at radius 2 is 2.11 bits per heavy atom. The van der Waals surface area contributed by atoms with Gasteiger partial charge in [0.1, 0.15) is 12.2 Å². The van der Waals surface area contributed by atoms with E-state index in [1.165, 1.54) is 12.8 Å². The number of carbonyl (C=O) groups is 1. The van der Waals surface area contributed by atoms with Crippen LogP contribution in [0.15, 0.2) is 18.6 Å². The van der Waals surface area contributed by atoms with Gasteiger partial charge in [-0.2, -0.15) is 0 Å². The van der Waals surface area contributed by atoms with Crippen LogP contribution in [-0.2, 0) is 14.3 Å². The zero-order valence-electron chi connectivity index (χ0n) is 15.8. The maximum absolute atomic E-state index is 12.3. The van der Waals surface area contributed by atoms with Crippen LogP contribution < -0.4 is 4.74 Å². The summed E-state index contributed by atoms with van der Waals surface area (Å²) in [4.78, 5) is 22.3. The average molecular weight is 375 g/mol. The van der Waals surface area contributed by atoms with Gasteiger partial charge in [-0.25, -0.2) is 4.98 Å². The highest BCUT2D eigenvalue weighted by molar-refractivity contribution is 5.78. The van der Waals surface area contributed by atoms with Crippen LogP contribution in [0.1, 0.15) is 44.9 Å². The first-order valence-corrected chi connectivity index (χ1v) is 10.1. The molecule has 1 aromatic rings. The van der Waals surface area contributed by atoms with Crippen molar-refractivity contribution in [1.82, 2.24) is 14.9 Å². The molecule has 1 saturated carbocycles. The second-order valence-electron chi connectivity index (χ2n) is 8.04. The topological polar surface area (TPSA) is 73.8 Å². The van der Waals surface area contributed by atoms with E-state index in [4.69, 9.17) is 14.2 Å². The number of carbonyl (C=O) groups excluding carboxylic acids is 1. The normalized spacial score (nSPS) is 24.7. The van der Waals surface area contributed by atoms with Crippen molar-refractivity contribution in [3.8, 4) is 5.88 Å². The molecule has 3 heterocycles. The van der Waals surface area contributed by atoms with Crippen LogP contribution in [0, 0.1) is 5.92 Å². The Bertz CT molecular complexity index is 615. The van der Waals surface area contributed by atoms with Gasteiger partial charge in [0.15, 0.2) is 0 Å². The van der Waals surface area contributed by atoms with Crippen LogP contribution in [0.3, 0.4) is 0 Å². The van der Waals surface area contributed by atoms with E-state index in [1.54, 1.807) is 18.6 Å². The maximum Gasteiger partial charge on any atom is 0.248 e. The summed E-state index contributed by atoms with van der Waals surface area (Å²) >= 11 is 0. The quantitative estimate of drug-likeness (QED) is 0.727. The van der Waals surface area contributed by atoms with Crippen molar-refractivity contribution >= 4 is 5.91 Å². The number of likely N-dealkylation sites (tertiary alicyclic amines) is 1. The van der Waals surface area contributed by atoms with Crippen LogP contribution in [0.4, 0.5) is 0 Å². The van der Waals surface area contributed by atoms with E-state index in [2.05, 4.69) is 9.97 Å². The van der Waals surface area contributed by atoms with Crippen molar-refractivity contribution in [3.05, 3.63) is 18.6 Å². The highest BCUT2D eigenvalue weighted by Crippen LogP contribution is 2.38. The molecule has 0 radical (unpaired) electrons. The lowest BCUT2D eigenvalue weighted by Gasteiger charge is -2.53.